The van der Waals surface area contributed by atoms with Gasteiger partial charge in [-0.1, -0.05) is 24.3 Å². The highest BCUT2D eigenvalue weighted by Crippen LogP contribution is 2.29. The summed E-state index contributed by atoms with van der Waals surface area (Å²) in [7, 11) is 0. The number of carbonyl (C=O) groups excluding carboxylic acids is 1. The Morgan fingerprint density at radius 2 is 2.03 bits per heavy atom. The summed E-state index contributed by atoms with van der Waals surface area (Å²) < 4.78 is 7.35. The molecule has 4 aromatic rings. The molecule has 0 unspecified atom stereocenters. The Morgan fingerprint density at radius 1 is 1.17 bits per heavy atom. The van der Waals surface area contributed by atoms with E-state index in [2.05, 4.69) is 20.6 Å². The molecular weight excluding hydrogens is 386 g/mol. The van der Waals surface area contributed by atoms with E-state index in [0.29, 0.717) is 17.9 Å². The summed E-state index contributed by atoms with van der Waals surface area (Å²) in [6.45, 7) is 6.51. The molecule has 0 saturated heterocycles. The minimum atomic E-state index is -0.169. The molecule has 2 heterocycles. The van der Waals surface area contributed by atoms with Gasteiger partial charge in [-0.2, -0.15) is 9.61 Å². The van der Waals surface area contributed by atoms with Crippen molar-refractivity contribution in [1.29, 1.82) is 0 Å². The summed E-state index contributed by atoms with van der Waals surface area (Å²) in [6.07, 6.45) is 0.920. The predicted molar refractivity (Wildman–Crippen MR) is 114 cm³/mol. The van der Waals surface area contributed by atoms with Crippen LogP contribution >= 0.6 is 11.3 Å². The zero-order chi connectivity index (χ0) is 20.4. The van der Waals surface area contributed by atoms with E-state index in [4.69, 9.17) is 4.74 Å². The van der Waals surface area contributed by atoms with Crippen LogP contribution in [0.4, 0.5) is 5.69 Å². The Kier molecular flexibility index (Phi) is 5.26. The molecule has 0 saturated carbocycles. The molecule has 0 aliphatic rings. The van der Waals surface area contributed by atoms with Crippen LogP contribution in [0.3, 0.4) is 0 Å². The molecule has 2 aromatic carbocycles. The van der Waals surface area contributed by atoms with E-state index in [9.17, 15) is 4.79 Å². The van der Waals surface area contributed by atoms with Crippen molar-refractivity contribution in [3.8, 4) is 16.3 Å². The molecule has 1 N–H and O–H groups in total. The lowest BCUT2D eigenvalue weighted by molar-refractivity contribution is 0.102. The minimum Gasteiger partial charge on any atom is -0.494 e. The van der Waals surface area contributed by atoms with E-state index in [1.54, 1.807) is 16.6 Å². The second-order valence-corrected chi connectivity index (χ2v) is 7.66. The van der Waals surface area contributed by atoms with Gasteiger partial charge in [-0.25, -0.2) is 0 Å². The van der Waals surface area contributed by atoms with Gasteiger partial charge in [0.05, 0.1) is 6.61 Å². The number of aromatic nitrogens is 4. The maximum absolute atomic E-state index is 12.7. The number of amides is 1. The molecule has 2 aromatic heterocycles. The highest BCUT2D eigenvalue weighted by atomic mass is 32.1. The van der Waals surface area contributed by atoms with Crippen molar-refractivity contribution in [2.24, 2.45) is 0 Å². The van der Waals surface area contributed by atoms with Gasteiger partial charge in [0.25, 0.3) is 5.91 Å². The van der Waals surface area contributed by atoms with Gasteiger partial charge in [0.2, 0.25) is 4.96 Å². The number of fused-ring (bicyclic) bond motifs is 1. The van der Waals surface area contributed by atoms with Gasteiger partial charge < -0.3 is 10.1 Å². The first kappa shape index (κ1) is 19.1. The number of hydrogen-bond donors (Lipinski definition) is 1. The van der Waals surface area contributed by atoms with Crippen molar-refractivity contribution in [3.05, 3.63) is 59.4 Å². The van der Waals surface area contributed by atoms with Crippen LogP contribution in [0.5, 0.6) is 5.75 Å². The number of nitrogens with zero attached hydrogens (tertiary/aromatic N) is 4. The summed E-state index contributed by atoms with van der Waals surface area (Å²) in [5, 5.41) is 16.5. The zero-order valence-corrected chi connectivity index (χ0v) is 17.3. The third-order valence-electron chi connectivity index (χ3n) is 4.44. The van der Waals surface area contributed by atoms with E-state index >= 15 is 0 Å². The van der Waals surface area contributed by atoms with Crippen LogP contribution < -0.4 is 10.1 Å². The molecule has 1 amide bonds. The van der Waals surface area contributed by atoms with Gasteiger partial charge in [0, 0.05) is 16.8 Å². The Balaban J connectivity index is 1.53. The van der Waals surface area contributed by atoms with Gasteiger partial charge in [-0.05, 0) is 62.2 Å². The number of benzene rings is 2. The zero-order valence-electron chi connectivity index (χ0n) is 16.5. The van der Waals surface area contributed by atoms with Crippen molar-refractivity contribution < 1.29 is 9.53 Å². The highest BCUT2D eigenvalue weighted by molar-refractivity contribution is 7.19. The molecule has 8 heteroatoms. The smallest absolute Gasteiger partial charge is 0.255 e. The summed E-state index contributed by atoms with van der Waals surface area (Å²) in [5.41, 5.74) is 3.26. The van der Waals surface area contributed by atoms with Crippen LogP contribution in [0.25, 0.3) is 15.5 Å². The number of anilines is 1. The van der Waals surface area contributed by atoms with E-state index in [-0.39, 0.29) is 5.91 Å². The molecule has 4 rings (SSSR count). The molecule has 0 atom stereocenters. The molecular formula is C21H21N5O2S. The Hall–Kier alpha value is -3.26. The monoisotopic (exact) mass is 407 g/mol. The van der Waals surface area contributed by atoms with Crippen molar-refractivity contribution >= 4 is 27.9 Å². The fourth-order valence-corrected chi connectivity index (χ4v) is 3.79. The van der Waals surface area contributed by atoms with E-state index in [1.165, 1.54) is 11.3 Å². The SMILES string of the molecule is CCCOc1cccc(C(=O)Nc2ccc(-c3nn4c(C)nnc4s3)cc2C)c1. The lowest BCUT2D eigenvalue weighted by atomic mass is 10.1. The molecule has 0 aliphatic heterocycles. The summed E-state index contributed by atoms with van der Waals surface area (Å²) >= 11 is 1.48. The number of nitrogens with one attached hydrogen (secondary N) is 1. The molecule has 0 spiro atoms. The number of ether oxygens (including phenoxy) is 1. The molecule has 0 fully saturated rings. The third-order valence-corrected chi connectivity index (χ3v) is 5.39. The quantitative estimate of drug-likeness (QED) is 0.508. The summed E-state index contributed by atoms with van der Waals surface area (Å²) in [6, 6.07) is 13.1. The fraction of sp³-hybridized carbons (Fsp3) is 0.238. The first-order chi connectivity index (χ1) is 14.0. The number of carbonyl (C=O) groups is 1. The Morgan fingerprint density at radius 3 is 2.79 bits per heavy atom. The van der Waals surface area contributed by atoms with Gasteiger partial charge >= 0.3 is 0 Å². The van der Waals surface area contributed by atoms with E-state index in [1.807, 2.05) is 51.1 Å². The van der Waals surface area contributed by atoms with Gasteiger partial charge in [-0.3, -0.25) is 4.79 Å². The Labute approximate surface area is 172 Å². The second-order valence-electron chi connectivity index (χ2n) is 6.71. The average Bonchev–Trinajstić information content (AvgIpc) is 3.30. The lowest BCUT2D eigenvalue weighted by Crippen LogP contribution is -2.13. The molecule has 148 valence electrons. The van der Waals surface area contributed by atoms with Crippen LogP contribution in [0.2, 0.25) is 0 Å². The van der Waals surface area contributed by atoms with Crippen LogP contribution in [-0.2, 0) is 0 Å². The minimum absolute atomic E-state index is 0.169. The first-order valence-corrected chi connectivity index (χ1v) is 10.2. The summed E-state index contributed by atoms with van der Waals surface area (Å²) in [4.78, 5) is 13.4. The summed E-state index contributed by atoms with van der Waals surface area (Å²) in [5.74, 6) is 1.29. The standard InChI is InChI=1S/C21H21N5O2S/c1-4-10-28-17-7-5-6-15(12-17)19(27)22-18-9-8-16(11-13(18)2)20-25-26-14(3)23-24-21(26)29-20/h5-9,11-12H,4,10H2,1-3H3,(H,22,27). The Bertz CT molecular complexity index is 1180. The largest absolute Gasteiger partial charge is 0.494 e. The van der Waals surface area contributed by atoms with Crippen molar-refractivity contribution in [1.82, 2.24) is 19.8 Å². The van der Waals surface area contributed by atoms with Crippen LogP contribution in [0.15, 0.2) is 42.5 Å². The number of rotatable bonds is 6. The maximum Gasteiger partial charge on any atom is 0.255 e. The molecule has 0 bridgehead atoms. The second kappa shape index (κ2) is 8.00. The van der Waals surface area contributed by atoms with E-state index < -0.39 is 0 Å². The molecule has 7 nitrogen and oxygen atoms in total. The van der Waals surface area contributed by atoms with Crippen molar-refractivity contribution in [2.75, 3.05) is 11.9 Å². The molecule has 29 heavy (non-hydrogen) atoms. The number of aryl methyl sites for hydroxylation is 2. The van der Waals surface area contributed by atoms with Crippen molar-refractivity contribution in [2.45, 2.75) is 27.2 Å². The average molecular weight is 407 g/mol. The third kappa shape index (κ3) is 3.97. The van der Waals surface area contributed by atoms with Crippen molar-refractivity contribution in [3.63, 3.8) is 0 Å². The topological polar surface area (TPSA) is 81.4 Å². The normalized spacial score (nSPS) is 11.0. The fourth-order valence-electron chi connectivity index (χ4n) is 2.91. The molecule has 0 aliphatic carbocycles. The van der Waals surface area contributed by atoms with Crippen LogP contribution in [0, 0.1) is 13.8 Å². The molecule has 0 radical (unpaired) electrons. The van der Waals surface area contributed by atoms with Gasteiger partial charge in [0.15, 0.2) is 5.82 Å². The predicted octanol–water partition coefficient (Wildman–Crippen LogP) is 4.51. The van der Waals surface area contributed by atoms with Gasteiger partial charge in [-0.15, -0.1) is 10.2 Å². The lowest BCUT2D eigenvalue weighted by Gasteiger charge is -2.11. The van der Waals surface area contributed by atoms with E-state index in [0.717, 1.165) is 39.0 Å². The maximum atomic E-state index is 12.7. The highest BCUT2D eigenvalue weighted by Gasteiger charge is 2.13. The van der Waals surface area contributed by atoms with Crippen LogP contribution in [-0.4, -0.2) is 32.3 Å². The first-order valence-electron chi connectivity index (χ1n) is 9.39. The number of hydrogen-bond acceptors (Lipinski definition) is 6. The van der Waals surface area contributed by atoms with Gasteiger partial charge in [0.1, 0.15) is 10.8 Å². The van der Waals surface area contributed by atoms with Crippen LogP contribution in [0.1, 0.15) is 35.1 Å².